The maximum atomic E-state index is 12.1. The summed E-state index contributed by atoms with van der Waals surface area (Å²) in [5, 5.41) is 3.23. The lowest BCUT2D eigenvalue weighted by atomic mass is 10.2. The van der Waals surface area contributed by atoms with Crippen LogP contribution in [0, 0.1) is 0 Å². The monoisotopic (exact) mass is 343 g/mol. The Kier molecular flexibility index (Phi) is 4.48. The number of carbonyl (C=O) groups excluding carboxylic acids is 2. The first-order valence-corrected chi connectivity index (χ1v) is 7.57. The molecule has 0 unspecified atom stereocenters. The van der Waals surface area contributed by atoms with Crippen LogP contribution in [-0.4, -0.2) is 21.3 Å². The summed E-state index contributed by atoms with van der Waals surface area (Å²) in [6, 6.07) is 10.0. The van der Waals surface area contributed by atoms with Crippen molar-refractivity contribution in [2.75, 3.05) is 5.32 Å². The Morgan fingerprint density at radius 2 is 1.92 bits per heavy atom. The number of ether oxygens (including phenoxy) is 1. The lowest BCUT2D eigenvalue weighted by Crippen LogP contribution is -2.07. The Bertz CT molecular complexity index is 903. The van der Waals surface area contributed by atoms with Gasteiger partial charge in [-0.3, -0.25) is 4.79 Å². The third-order valence-electron chi connectivity index (χ3n) is 3.26. The number of carbonyl (C=O) groups is 2. The fourth-order valence-electron chi connectivity index (χ4n) is 2.20. The summed E-state index contributed by atoms with van der Waals surface area (Å²) in [6.45, 7) is 1.48. The summed E-state index contributed by atoms with van der Waals surface area (Å²) < 4.78 is 7.03. The van der Waals surface area contributed by atoms with Crippen molar-refractivity contribution in [2.45, 2.75) is 13.5 Å². The number of benzene rings is 1. The molecule has 3 rings (SSSR count). The van der Waals surface area contributed by atoms with Gasteiger partial charge in [-0.1, -0.05) is 11.6 Å². The van der Waals surface area contributed by atoms with Crippen LogP contribution in [0.4, 0.5) is 5.69 Å². The first-order chi connectivity index (χ1) is 11.5. The van der Waals surface area contributed by atoms with E-state index in [1.165, 1.54) is 6.92 Å². The minimum absolute atomic E-state index is 0.0611. The highest BCUT2D eigenvalue weighted by atomic mass is 35.5. The molecule has 0 aliphatic rings. The number of halogens is 1. The third-order valence-corrected chi connectivity index (χ3v) is 3.48. The van der Waals surface area contributed by atoms with Gasteiger partial charge in [-0.05, 0) is 36.4 Å². The van der Waals surface area contributed by atoms with E-state index in [4.69, 9.17) is 16.3 Å². The highest BCUT2D eigenvalue weighted by molar-refractivity contribution is 6.30. The molecule has 1 N–H and O–H groups in total. The number of amides is 1. The van der Waals surface area contributed by atoms with E-state index in [0.717, 1.165) is 5.65 Å². The fourth-order valence-corrected chi connectivity index (χ4v) is 2.37. The average molecular weight is 344 g/mol. The molecule has 0 radical (unpaired) electrons. The van der Waals surface area contributed by atoms with Crippen LogP contribution in [0.1, 0.15) is 23.0 Å². The van der Waals surface area contributed by atoms with E-state index in [0.29, 0.717) is 22.0 Å². The lowest BCUT2D eigenvalue weighted by molar-refractivity contribution is -0.114. The standard InChI is InChI=1S/C17H14ClN3O3/c1-11(22)19-14-5-2-12(3-6-14)17(23)24-10-15-9-21-8-13(18)4-7-16(21)20-15/h2-9H,10H2,1H3,(H,19,22). The Morgan fingerprint density at radius 3 is 2.62 bits per heavy atom. The molecule has 0 spiro atoms. The number of pyridine rings is 1. The predicted molar refractivity (Wildman–Crippen MR) is 90.1 cm³/mol. The normalized spacial score (nSPS) is 10.6. The van der Waals surface area contributed by atoms with E-state index < -0.39 is 5.97 Å². The second-order valence-electron chi connectivity index (χ2n) is 5.18. The molecule has 122 valence electrons. The first-order valence-electron chi connectivity index (χ1n) is 7.19. The van der Waals surface area contributed by atoms with E-state index in [1.54, 1.807) is 53.2 Å². The maximum Gasteiger partial charge on any atom is 0.338 e. The number of esters is 1. The molecule has 2 heterocycles. The molecule has 0 saturated carbocycles. The SMILES string of the molecule is CC(=O)Nc1ccc(C(=O)OCc2cn3cc(Cl)ccc3n2)cc1. The van der Waals surface area contributed by atoms with Crippen LogP contribution in [0.2, 0.25) is 5.02 Å². The highest BCUT2D eigenvalue weighted by Crippen LogP contribution is 2.14. The number of aromatic nitrogens is 2. The third kappa shape index (κ3) is 3.72. The molecule has 2 aromatic heterocycles. The van der Waals surface area contributed by atoms with Gasteiger partial charge < -0.3 is 14.5 Å². The lowest BCUT2D eigenvalue weighted by Gasteiger charge is -2.05. The Morgan fingerprint density at radius 1 is 1.17 bits per heavy atom. The topological polar surface area (TPSA) is 72.7 Å². The number of hydrogen-bond acceptors (Lipinski definition) is 4. The molecule has 0 atom stereocenters. The maximum absolute atomic E-state index is 12.1. The minimum Gasteiger partial charge on any atom is -0.456 e. The van der Waals surface area contributed by atoms with Gasteiger partial charge in [0.15, 0.2) is 0 Å². The van der Waals surface area contributed by atoms with Gasteiger partial charge in [-0.25, -0.2) is 9.78 Å². The van der Waals surface area contributed by atoms with Gasteiger partial charge in [-0.2, -0.15) is 0 Å². The van der Waals surface area contributed by atoms with Crippen molar-refractivity contribution >= 4 is 34.8 Å². The minimum atomic E-state index is -0.459. The van der Waals surface area contributed by atoms with Crippen molar-refractivity contribution in [1.29, 1.82) is 0 Å². The molecule has 0 aliphatic heterocycles. The van der Waals surface area contributed by atoms with E-state index in [-0.39, 0.29) is 12.5 Å². The molecule has 0 bridgehead atoms. The number of fused-ring (bicyclic) bond motifs is 1. The van der Waals surface area contributed by atoms with Crippen molar-refractivity contribution < 1.29 is 14.3 Å². The summed E-state index contributed by atoms with van der Waals surface area (Å²) >= 11 is 5.92. The van der Waals surface area contributed by atoms with Crippen LogP contribution in [0.3, 0.4) is 0 Å². The zero-order valence-electron chi connectivity index (χ0n) is 12.8. The molecule has 3 aromatic rings. The molecule has 24 heavy (non-hydrogen) atoms. The van der Waals surface area contributed by atoms with E-state index in [9.17, 15) is 9.59 Å². The van der Waals surface area contributed by atoms with Crippen molar-refractivity contribution in [1.82, 2.24) is 9.38 Å². The summed E-state index contributed by atoms with van der Waals surface area (Å²) in [5.41, 5.74) is 2.37. The van der Waals surface area contributed by atoms with Crippen LogP contribution in [0.5, 0.6) is 0 Å². The molecular formula is C17H14ClN3O3. The van der Waals surface area contributed by atoms with Gasteiger partial charge in [0, 0.05) is 25.0 Å². The van der Waals surface area contributed by atoms with Crippen LogP contribution in [0.15, 0.2) is 48.8 Å². The average Bonchev–Trinajstić information content (AvgIpc) is 2.94. The van der Waals surface area contributed by atoms with E-state index >= 15 is 0 Å². The van der Waals surface area contributed by atoms with Gasteiger partial charge in [0.05, 0.1) is 16.3 Å². The molecular weight excluding hydrogens is 330 g/mol. The van der Waals surface area contributed by atoms with Crippen molar-refractivity contribution in [3.63, 3.8) is 0 Å². The Hall–Kier alpha value is -2.86. The molecule has 0 fully saturated rings. The molecule has 1 aromatic carbocycles. The highest BCUT2D eigenvalue weighted by Gasteiger charge is 2.09. The number of nitrogens with zero attached hydrogens (tertiary/aromatic N) is 2. The van der Waals surface area contributed by atoms with E-state index in [2.05, 4.69) is 10.3 Å². The molecule has 7 heteroatoms. The number of anilines is 1. The van der Waals surface area contributed by atoms with Crippen molar-refractivity contribution in [3.8, 4) is 0 Å². The quantitative estimate of drug-likeness (QED) is 0.738. The zero-order chi connectivity index (χ0) is 17.1. The summed E-state index contributed by atoms with van der Waals surface area (Å²) in [7, 11) is 0. The number of rotatable bonds is 4. The predicted octanol–water partition coefficient (Wildman–Crippen LogP) is 3.30. The van der Waals surface area contributed by atoms with Gasteiger partial charge in [0.25, 0.3) is 0 Å². The molecule has 1 amide bonds. The fraction of sp³-hybridized carbons (Fsp3) is 0.118. The van der Waals surface area contributed by atoms with Gasteiger partial charge in [0.2, 0.25) is 5.91 Å². The number of nitrogens with one attached hydrogen (secondary N) is 1. The van der Waals surface area contributed by atoms with Crippen LogP contribution >= 0.6 is 11.6 Å². The van der Waals surface area contributed by atoms with Gasteiger partial charge in [-0.15, -0.1) is 0 Å². The molecule has 6 nitrogen and oxygen atoms in total. The van der Waals surface area contributed by atoms with Crippen LogP contribution < -0.4 is 5.32 Å². The van der Waals surface area contributed by atoms with E-state index in [1.807, 2.05) is 0 Å². The van der Waals surface area contributed by atoms with Gasteiger partial charge in [0.1, 0.15) is 12.3 Å². The molecule has 0 saturated heterocycles. The smallest absolute Gasteiger partial charge is 0.338 e. The van der Waals surface area contributed by atoms with Crippen LogP contribution in [-0.2, 0) is 16.1 Å². The second kappa shape index (κ2) is 6.72. The van der Waals surface area contributed by atoms with Crippen molar-refractivity contribution in [2.24, 2.45) is 0 Å². The second-order valence-corrected chi connectivity index (χ2v) is 5.62. The number of imidazole rings is 1. The van der Waals surface area contributed by atoms with Crippen molar-refractivity contribution in [3.05, 3.63) is 65.1 Å². The summed E-state index contributed by atoms with van der Waals surface area (Å²) in [6.07, 6.45) is 3.49. The van der Waals surface area contributed by atoms with Crippen LogP contribution in [0.25, 0.3) is 5.65 Å². The summed E-state index contributed by atoms with van der Waals surface area (Å²) in [4.78, 5) is 27.4. The first kappa shape index (κ1) is 16.0. The number of hydrogen-bond donors (Lipinski definition) is 1. The Labute approximate surface area is 143 Å². The molecule has 0 aliphatic carbocycles. The Balaban J connectivity index is 1.64. The zero-order valence-corrected chi connectivity index (χ0v) is 13.6. The summed E-state index contributed by atoms with van der Waals surface area (Å²) in [5.74, 6) is -0.628. The largest absolute Gasteiger partial charge is 0.456 e. The van der Waals surface area contributed by atoms with Gasteiger partial charge >= 0.3 is 5.97 Å².